The third-order valence-corrected chi connectivity index (χ3v) is 11.1. The van der Waals surface area contributed by atoms with Crippen molar-refractivity contribution in [1.82, 2.24) is 9.97 Å². The molecule has 1 atom stereocenters. The maximum Gasteiger partial charge on any atom is 0.416 e. The van der Waals surface area contributed by atoms with Crippen LogP contribution in [0.25, 0.3) is 22.3 Å². The third kappa shape index (κ3) is 4.01. The molecule has 0 spiro atoms. The minimum atomic E-state index is -4.52. The molecule has 3 nitrogen and oxygen atoms in total. The Hall–Kier alpha value is -4.23. The second-order valence-electron chi connectivity index (χ2n) is 9.01. The molecule has 0 bridgehead atoms. The number of hydrogen-bond acceptors (Lipinski definition) is 3. The van der Waals surface area contributed by atoms with E-state index in [1.54, 1.807) is 18.3 Å². The van der Waals surface area contributed by atoms with Gasteiger partial charge in [0.15, 0.2) is 8.07 Å². The van der Waals surface area contributed by atoms with Crippen LogP contribution < -0.4 is 20.4 Å². The SMILES string of the molecule is [2H]c1cc(Oc2cc(C(F)(F)F)ccn2)cc(-c2ccc3c(c2)[Si](C)(c2ccccn2)c2ccc([2H])cc2-3)c1. The molecule has 3 heterocycles. The van der Waals surface area contributed by atoms with Gasteiger partial charge in [-0.2, -0.15) is 13.2 Å². The van der Waals surface area contributed by atoms with Crippen LogP contribution in [0.15, 0.2) is 109 Å². The van der Waals surface area contributed by atoms with Crippen molar-refractivity contribution in [2.24, 2.45) is 0 Å². The molecule has 37 heavy (non-hydrogen) atoms. The molecule has 0 N–H and O–H groups in total. The number of pyridine rings is 2. The van der Waals surface area contributed by atoms with E-state index in [9.17, 15) is 13.2 Å². The van der Waals surface area contributed by atoms with Gasteiger partial charge in [0.2, 0.25) is 5.88 Å². The van der Waals surface area contributed by atoms with Crippen molar-refractivity contribution in [2.75, 3.05) is 0 Å². The smallest absolute Gasteiger partial charge is 0.416 e. The van der Waals surface area contributed by atoms with Crippen LogP contribution >= 0.6 is 0 Å². The average molecular weight is 513 g/mol. The van der Waals surface area contributed by atoms with Gasteiger partial charge in [0.25, 0.3) is 0 Å². The number of hydrogen-bond donors (Lipinski definition) is 0. The predicted octanol–water partition coefficient (Wildman–Crippen LogP) is 6.04. The monoisotopic (exact) mass is 512 g/mol. The van der Waals surface area contributed by atoms with Gasteiger partial charge in [0.1, 0.15) is 5.75 Å². The molecule has 182 valence electrons. The molecule has 0 saturated heterocycles. The lowest BCUT2D eigenvalue weighted by Crippen LogP contribution is -2.63. The van der Waals surface area contributed by atoms with E-state index < -0.39 is 19.8 Å². The number of rotatable bonds is 4. The van der Waals surface area contributed by atoms with E-state index in [-0.39, 0.29) is 17.7 Å². The van der Waals surface area contributed by atoms with E-state index in [0.717, 1.165) is 45.5 Å². The van der Waals surface area contributed by atoms with Crippen molar-refractivity contribution >= 4 is 23.8 Å². The number of aromatic nitrogens is 2. The quantitative estimate of drug-likeness (QED) is 0.276. The number of benzene rings is 3. The molecule has 1 unspecified atom stereocenters. The second kappa shape index (κ2) is 8.71. The summed E-state index contributed by atoms with van der Waals surface area (Å²) < 4.78 is 61.6. The van der Waals surface area contributed by atoms with Gasteiger partial charge in [-0.05, 0) is 63.0 Å². The van der Waals surface area contributed by atoms with E-state index in [2.05, 4.69) is 17.6 Å². The highest BCUT2D eigenvalue weighted by atomic mass is 28.3. The summed E-state index contributed by atoms with van der Waals surface area (Å²) in [5, 5.41) is 3.35. The van der Waals surface area contributed by atoms with Crippen LogP contribution in [-0.2, 0) is 6.18 Å². The summed E-state index contributed by atoms with van der Waals surface area (Å²) >= 11 is 0. The summed E-state index contributed by atoms with van der Waals surface area (Å²) in [6.07, 6.45) is -1.67. The van der Waals surface area contributed by atoms with Crippen LogP contribution in [0.5, 0.6) is 11.6 Å². The van der Waals surface area contributed by atoms with Crippen LogP contribution in [0.4, 0.5) is 13.2 Å². The summed E-state index contributed by atoms with van der Waals surface area (Å²) in [5.41, 5.74) is 2.79. The lowest BCUT2D eigenvalue weighted by Gasteiger charge is -2.24. The molecule has 1 aliphatic rings. The zero-order valence-electron chi connectivity index (χ0n) is 21.7. The molecule has 0 fully saturated rings. The summed E-state index contributed by atoms with van der Waals surface area (Å²) in [4.78, 5) is 8.64. The Morgan fingerprint density at radius 3 is 2.41 bits per heavy atom. The molecule has 0 saturated carbocycles. The molecule has 5 aromatic rings. The number of fused-ring (bicyclic) bond motifs is 3. The highest BCUT2D eigenvalue weighted by Crippen LogP contribution is 2.34. The van der Waals surface area contributed by atoms with Crippen molar-refractivity contribution in [3.63, 3.8) is 0 Å². The first kappa shape index (κ1) is 20.9. The van der Waals surface area contributed by atoms with Gasteiger partial charge in [0, 0.05) is 23.8 Å². The lowest BCUT2D eigenvalue weighted by atomic mass is 10.0. The van der Waals surface area contributed by atoms with Crippen molar-refractivity contribution in [2.45, 2.75) is 12.7 Å². The van der Waals surface area contributed by atoms with E-state index in [1.165, 1.54) is 11.3 Å². The van der Waals surface area contributed by atoms with Crippen molar-refractivity contribution in [3.8, 4) is 33.9 Å². The molecular weight excluding hydrogens is 489 g/mol. The van der Waals surface area contributed by atoms with Gasteiger partial charge in [-0.15, -0.1) is 0 Å². The average Bonchev–Trinajstić information content (AvgIpc) is 3.16. The minimum Gasteiger partial charge on any atom is -0.439 e. The minimum absolute atomic E-state index is 0.154. The highest BCUT2D eigenvalue weighted by Gasteiger charge is 2.44. The molecular formula is C30H21F3N2OSi. The van der Waals surface area contributed by atoms with Gasteiger partial charge in [0.05, 0.1) is 8.30 Å². The molecule has 0 aliphatic carbocycles. The standard InChI is InChI=1S/C30H21F3N2OSi/c1-37(29-11-4-5-15-35-29)26-10-3-2-9-24(26)25-13-12-21(18-27(25)37)20-7-6-8-23(17-20)36-28-19-22(14-16-34-28)30(31,32)33/h2-19H,1H3/i2D,6D. The fourth-order valence-corrected chi connectivity index (χ4v) is 8.95. The summed E-state index contributed by atoms with van der Waals surface area (Å²) in [6, 6.07) is 24.9. The zero-order chi connectivity index (χ0) is 27.4. The Bertz CT molecular complexity index is 1730. The van der Waals surface area contributed by atoms with Gasteiger partial charge in [-0.25, -0.2) is 4.98 Å². The number of halogens is 3. The van der Waals surface area contributed by atoms with Crippen LogP contribution in [0.1, 0.15) is 8.30 Å². The van der Waals surface area contributed by atoms with Crippen LogP contribution in [0, 0.1) is 0 Å². The van der Waals surface area contributed by atoms with Gasteiger partial charge in [-0.3, -0.25) is 4.98 Å². The summed E-state index contributed by atoms with van der Waals surface area (Å²) in [5.74, 6) is 0.0174. The van der Waals surface area contributed by atoms with Gasteiger partial charge < -0.3 is 4.74 Å². The molecule has 0 radical (unpaired) electrons. The first-order valence-electron chi connectivity index (χ1n) is 12.6. The Labute approximate surface area is 216 Å². The summed E-state index contributed by atoms with van der Waals surface area (Å²) in [6.45, 7) is 2.25. The zero-order valence-corrected chi connectivity index (χ0v) is 20.7. The topological polar surface area (TPSA) is 35.0 Å². The summed E-state index contributed by atoms with van der Waals surface area (Å²) in [7, 11) is -2.49. The first-order chi connectivity index (χ1) is 18.6. The van der Waals surface area contributed by atoms with Gasteiger partial charge >= 0.3 is 6.18 Å². The molecule has 2 aromatic heterocycles. The molecule has 1 aliphatic heterocycles. The molecule has 0 amide bonds. The Morgan fingerprint density at radius 2 is 1.59 bits per heavy atom. The first-order valence-corrected chi connectivity index (χ1v) is 14.1. The Balaban J connectivity index is 1.44. The van der Waals surface area contributed by atoms with Gasteiger partial charge in [-0.1, -0.05) is 67.2 Å². The van der Waals surface area contributed by atoms with E-state index in [4.69, 9.17) is 12.5 Å². The lowest BCUT2D eigenvalue weighted by molar-refractivity contribution is -0.137. The molecule has 6 rings (SSSR count). The highest BCUT2D eigenvalue weighted by molar-refractivity contribution is 7.13. The number of ether oxygens (including phenoxy) is 1. The number of alkyl halides is 3. The maximum atomic E-state index is 13.1. The van der Waals surface area contributed by atoms with Crippen molar-refractivity contribution in [3.05, 3.63) is 115 Å². The van der Waals surface area contributed by atoms with Crippen LogP contribution in [0.2, 0.25) is 6.55 Å². The largest absolute Gasteiger partial charge is 0.439 e. The van der Waals surface area contributed by atoms with E-state index in [1.807, 2.05) is 48.5 Å². The normalized spacial score (nSPS) is 17.0. The van der Waals surface area contributed by atoms with Crippen LogP contribution in [-0.4, -0.2) is 18.0 Å². The number of nitrogens with zero attached hydrogens (tertiary/aromatic N) is 2. The molecule has 7 heteroatoms. The van der Waals surface area contributed by atoms with Crippen LogP contribution in [0.3, 0.4) is 0 Å². The maximum absolute atomic E-state index is 13.1. The Kier molecular flexibility index (Phi) is 4.92. The molecule has 3 aromatic carbocycles. The van der Waals surface area contributed by atoms with Crippen molar-refractivity contribution in [1.29, 1.82) is 0 Å². The Morgan fingerprint density at radius 1 is 0.757 bits per heavy atom. The predicted molar refractivity (Wildman–Crippen MR) is 141 cm³/mol. The fourth-order valence-electron chi connectivity index (χ4n) is 4.98. The third-order valence-electron chi connectivity index (χ3n) is 6.81. The van der Waals surface area contributed by atoms with E-state index >= 15 is 0 Å². The van der Waals surface area contributed by atoms with E-state index in [0.29, 0.717) is 11.6 Å². The second-order valence-corrected chi connectivity index (χ2v) is 12.9. The fraction of sp³-hybridized carbons (Fsp3) is 0.0667. The van der Waals surface area contributed by atoms with Crippen molar-refractivity contribution < 1.29 is 20.6 Å².